The van der Waals surface area contributed by atoms with Crippen LogP contribution in [-0.2, 0) is 22.4 Å². The van der Waals surface area contributed by atoms with Crippen LogP contribution in [0.25, 0.3) is 11.1 Å². The van der Waals surface area contributed by atoms with E-state index in [1.807, 2.05) is 6.07 Å². The average Bonchev–Trinajstić information content (AvgIpc) is 2.84. The van der Waals surface area contributed by atoms with Crippen LogP contribution in [0.1, 0.15) is 94.2 Å². The Balaban J connectivity index is 1.63. The second-order valence-electron chi connectivity index (χ2n) is 9.95. The van der Waals surface area contributed by atoms with Gasteiger partial charge in [0.2, 0.25) is 0 Å². The van der Waals surface area contributed by atoms with Gasteiger partial charge >= 0.3 is 11.9 Å². The molecule has 0 atom stereocenters. The van der Waals surface area contributed by atoms with Gasteiger partial charge in [0.05, 0.1) is 0 Å². The smallest absolute Gasteiger partial charge is 0.317 e. The van der Waals surface area contributed by atoms with Crippen LogP contribution in [0.15, 0.2) is 42.5 Å². The molecule has 0 saturated heterocycles. The summed E-state index contributed by atoms with van der Waals surface area (Å²) in [6, 6.07) is 15.3. The number of aryl methyl sites for hydroxylation is 2. The van der Waals surface area contributed by atoms with Crippen molar-refractivity contribution in [1.29, 1.82) is 0 Å². The van der Waals surface area contributed by atoms with Gasteiger partial charge in [-0.05, 0) is 84.6 Å². The molecule has 0 aromatic heterocycles. The monoisotopic (exact) mass is 464 g/mol. The predicted molar refractivity (Wildman–Crippen MR) is 137 cm³/mol. The molecule has 184 valence electrons. The molecule has 0 bridgehead atoms. The summed E-state index contributed by atoms with van der Waals surface area (Å²) in [5, 5.41) is 18.2. The molecule has 0 radical (unpaired) electrons. The number of carbonyl (C=O) groups is 2. The maximum atomic E-state index is 11.2. The van der Waals surface area contributed by atoms with Crippen molar-refractivity contribution in [3.8, 4) is 11.1 Å². The van der Waals surface area contributed by atoms with Crippen molar-refractivity contribution in [1.82, 2.24) is 0 Å². The standard InChI is InChI=1S/C30H40O4/c1-3-5-6-7-21-8-12-24(13-9-21)25-14-16-26(17-15-25)27-18-10-22(20-23(27)4-2)11-19-28(29(31)32)30(33)34/h10,14-18,20-21,24,28H,3-9,11-13,19H2,1-2H3,(H,31,32)(H,33,34). The Kier molecular flexibility index (Phi) is 9.74. The fourth-order valence-corrected chi connectivity index (χ4v) is 5.44. The number of carboxylic acid groups (broad SMARTS) is 2. The van der Waals surface area contributed by atoms with Crippen LogP contribution < -0.4 is 0 Å². The van der Waals surface area contributed by atoms with Gasteiger partial charge in [0, 0.05) is 0 Å². The van der Waals surface area contributed by atoms with Gasteiger partial charge in [-0.15, -0.1) is 0 Å². The van der Waals surface area contributed by atoms with Crippen molar-refractivity contribution >= 4 is 11.9 Å². The fourth-order valence-electron chi connectivity index (χ4n) is 5.44. The minimum atomic E-state index is -1.36. The van der Waals surface area contributed by atoms with Gasteiger partial charge in [0.25, 0.3) is 0 Å². The lowest BCUT2D eigenvalue weighted by Crippen LogP contribution is -2.23. The average molecular weight is 465 g/mol. The first-order valence-electron chi connectivity index (χ1n) is 13.1. The van der Waals surface area contributed by atoms with Gasteiger partial charge in [-0.1, -0.05) is 82.0 Å². The molecular formula is C30H40O4. The largest absolute Gasteiger partial charge is 0.481 e. The minimum absolute atomic E-state index is 0.0999. The Labute approximate surface area is 204 Å². The lowest BCUT2D eigenvalue weighted by Gasteiger charge is -2.29. The summed E-state index contributed by atoms with van der Waals surface area (Å²) in [7, 11) is 0. The Morgan fingerprint density at radius 1 is 0.912 bits per heavy atom. The summed E-state index contributed by atoms with van der Waals surface area (Å²) in [5.74, 6) is -2.30. The summed E-state index contributed by atoms with van der Waals surface area (Å²) >= 11 is 0. The SMILES string of the molecule is CCCCCC1CCC(c2ccc(-c3ccc(CCC(C(=O)O)C(=O)O)cc3CC)cc2)CC1. The van der Waals surface area contributed by atoms with Crippen LogP contribution in [-0.4, -0.2) is 22.2 Å². The number of aliphatic carboxylic acids is 2. The fraction of sp³-hybridized carbons (Fsp3) is 0.533. The number of hydrogen-bond acceptors (Lipinski definition) is 2. The molecule has 0 spiro atoms. The highest BCUT2D eigenvalue weighted by molar-refractivity contribution is 5.92. The van der Waals surface area contributed by atoms with E-state index >= 15 is 0 Å². The highest BCUT2D eigenvalue weighted by atomic mass is 16.4. The maximum absolute atomic E-state index is 11.2. The Morgan fingerprint density at radius 3 is 2.18 bits per heavy atom. The van der Waals surface area contributed by atoms with E-state index in [2.05, 4.69) is 50.2 Å². The van der Waals surface area contributed by atoms with Gasteiger partial charge in [-0.2, -0.15) is 0 Å². The van der Waals surface area contributed by atoms with Crippen LogP contribution in [0.2, 0.25) is 0 Å². The maximum Gasteiger partial charge on any atom is 0.317 e. The molecule has 0 aliphatic heterocycles. The number of carboxylic acids is 2. The molecule has 1 aliphatic carbocycles. The molecule has 0 amide bonds. The van der Waals surface area contributed by atoms with Gasteiger partial charge < -0.3 is 10.2 Å². The molecule has 4 nitrogen and oxygen atoms in total. The van der Waals surface area contributed by atoms with Crippen molar-refractivity contribution in [3.63, 3.8) is 0 Å². The second-order valence-corrected chi connectivity index (χ2v) is 9.95. The van der Waals surface area contributed by atoms with Crippen molar-refractivity contribution in [3.05, 3.63) is 59.2 Å². The third-order valence-electron chi connectivity index (χ3n) is 7.62. The molecule has 34 heavy (non-hydrogen) atoms. The summed E-state index contributed by atoms with van der Waals surface area (Å²) in [5.41, 5.74) is 6.05. The highest BCUT2D eigenvalue weighted by Gasteiger charge is 2.25. The quantitative estimate of drug-likeness (QED) is 0.252. The van der Waals surface area contributed by atoms with Gasteiger partial charge in [0.15, 0.2) is 5.92 Å². The summed E-state index contributed by atoms with van der Waals surface area (Å²) in [4.78, 5) is 22.3. The van der Waals surface area contributed by atoms with Gasteiger partial charge in [-0.3, -0.25) is 9.59 Å². The van der Waals surface area contributed by atoms with Crippen molar-refractivity contribution in [2.45, 2.75) is 90.4 Å². The zero-order chi connectivity index (χ0) is 24.5. The van der Waals surface area contributed by atoms with E-state index in [1.54, 1.807) is 0 Å². The second kappa shape index (κ2) is 12.7. The van der Waals surface area contributed by atoms with E-state index in [-0.39, 0.29) is 6.42 Å². The molecule has 2 N–H and O–H groups in total. The number of hydrogen-bond donors (Lipinski definition) is 2. The number of benzene rings is 2. The third kappa shape index (κ3) is 6.94. The van der Waals surface area contributed by atoms with Gasteiger partial charge in [-0.25, -0.2) is 0 Å². The first kappa shape index (κ1) is 26.0. The van der Waals surface area contributed by atoms with E-state index < -0.39 is 17.9 Å². The van der Waals surface area contributed by atoms with E-state index in [1.165, 1.54) is 73.6 Å². The van der Waals surface area contributed by atoms with Crippen LogP contribution in [0.5, 0.6) is 0 Å². The molecule has 0 unspecified atom stereocenters. The van der Waals surface area contributed by atoms with E-state index in [4.69, 9.17) is 10.2 Å². The molecule has 2 aromatic rings. The first-order valence-corrected chi connectivity index (χ1v) is 13.1. The van der Waals surface area contributed by atoms with Crippen LogP contribution in [0.3, 0.4) is 0 Å². The summed E-state index contributed by atoms with van der Waals surface area (Å²) in [6.45, 7) is 4.39. The van der Waals surface area contributed by atoms with Crippen LogP contribution in [0, 0.1) is 11.8 Å². The van der Waals surface area contributed by atoms with Crippen LogP contribution >= 0.6 is 0 Å². The molecule has 1 fully saturated rings. The Hall–Kier alpha value is -2.62. The zero-order valence-electron chi connectivity index (χ0n) is 20.8. The molecule has 2 aromatic carbocycles. The molecular weight excluding hydrogens is 424 g/mol. The van der Waals surface area contributed by atoms with Crippen molar-refractivity contribution in [2.75, 3.05) is 0 Å². The number of unbranched alkanes of at least 4 members (excludes halogenated alkanes) is 2. The number of rotatable bonds is 12. The van der Waals surface area contributed by atoms with E-state index in [0.29, 0.717) is 12.3 Å². The van der Waals surface area contributed by atoms with E-state index in [9.17, 15) is 9.59 Å². The van der Waals surface area contributed by atoms with Crippen LogP contribution in [0.4, 0.5) is 0 Å². The lowest BCUT2D eigenvalue weighted by molar-refractivity contribution is -0.154. The Bertz CT molecular complexity index is 925. The molecule has 4 heteroatoms. The third-order valence-corrected chi connectivity index (χ3v) is 7.62. The Morgan fingerprint density at radius 2 is 1.59 bits per heavy atom. The lowest BCUT2D eigenvalue weighted by atomic mass is 9.77. The molecule has 0 heterocycles. The van der Waals surface area contributed by atoms with E-state index in [0.717, 1.165) is 17.9 Å². The topological polar surface area (TPSA) is 74.6 Å². The zero-order valence-corrected chi connectivity index (χ0v) is 20.8. The summed E-state index contributed by atoms with van der Waals surface area (Å²) in [6.07, 6.45) is 12.2. The normalized spacial score (nSPS) is 18.2. The van der Waals surface area contributed by atoms with Gasteiger partial charge in [0.1, 0.15) is 0 Å². The summed E-state index contributed by atoms with van der Waals surface area (Å²) < 4.78 is 0. The molecule has 1 saturated carbocycles. The highest BCUT2D eigenvalue weighted by Crippen LogP contribution is 2.38. The minimum Gasteiger partial charge on any atom is -0.481 e. The predicted octanol–water partition coefficient (Wildman–Crippen LogP) is 7.49. The van der Waals surface area contributed by atoms with Crippen molar-refractivity contribution in [2.24, 2.45) is 11.8 Å². The molecule has 3 rings (SSSR count). The van der Waals surface area contributed by atoms with Crippen molar-refractivity contribution < 1.29 is 19.8 Å². The molecule has 1 aliphatic rings. The first-order chi connectivity index (χ1) is 16.4.